The minimum Gasteiger partial charge on any atom is -0.255 e. The van der Waals surface area contributed by atoms with Crippen molar-refractivity contribution in [2.24, 2.45) is 0 Å². The van der Waals surface area contributed by atoms with Crippen molar-refractivity contribution in [3.05, 3.63) is 60.6 Å². The van der Waals surface area contributed by atoms with Gasteiger partial charge in [0.15, 0.2) is 5.82 Å². The molecule has 1 N–H and O–H groups in total. The number of nitrogens with zero attached hydrogens (tertiary/aromatic N) is 3. The van der Waals surface area contributed by atoms with Crippen LogP contribution in [0, 0.1) is 0 Å². The Morgan fingerprint density at radius 3 is 2.04 bits per heavy atom. The van der Waals surface area contributed by atoms with Crippen LogP contribution in [-0.2, 0) is 26.0 Å². The first-order valence-corrected chi connectivity index (χ1v) is 9.25. The van der Waals surface area contributed by atoms with Crippen LogP contribution in [0.25, 0.3) is 11.5 Å². The van der Waals surface area contributed by atoms with Crippen LogP contribution >= 0.6 is 7.92 Å². The maximum Gasteiger partial charge on any atom is 0.451 e. The van der Waals surface area contributed by atoms with Gasteiger partial charge in [-0.2, -0.15) is 18.3 Å². The molecule has 0 aliphatic rings. The molecule has 2 aromatic heterocycles. The fourth-order valence-electron chi connectivity index (χ4n) is 1.72. The molecule has 9 heteroatoms. The van der Waals surface area contributed by atoms with Crippen LogP contribution in [0.15, 0.2) is 54.7 Å². The van der Waals surface area contributed by atoms with E-state index in [1.807, 2.05) is 5.10 Å². The largest absolute Gasteiger partial charge is 0.451 e. The SMILES string of the molecule is CP(C)c1ccccc1.FC(F)(F)c1nc(-c2ccccn2)n[nH]1.[Os]. The molecule has 0 radical (unpaired) electrons. The first kappa shape index (κ1) is 21.4. The summed E-state index contributed by atoms with van der Waals surface area (Å²) in [6, 6.07) is 15.4. The molecule has 134 valence electrons. The quantitative estimate of drug-likeness (QED) is 0.500. The second-order valence-electron chi connectivity index (χ2n) is 4.95. The Hall–Kier alpha value is -1.63. The molecular weight excluding hydrogens is 526 g/mol. The third-order valence-corrected chi connectivity index (χ3v) is 4.25. The topological polar surface area (TPSA) is 54.5 Å². The van der Waals surface area contributed by atoms with E-state index >= 15 is 0 Å². The molecule has 0 bridgehead atoms. The molecule has 25 heavy (non-hydrogen) atoms. The van der Waals surface area contributed by atoms with Crippen molar-refractivity contribution in [3.63, 3.8) is 0 Å². The molecule has 1 aromatic carbocycles. The molecule has 3 rings (SSSR count). The van der Waals surface area contributed by atoms with Gasteiger partial charge >= 0.3 is 6.18 Å². The van der Waals surface area contributed by atoms with E-state index in [1.165, 1.54) is 17.6 Å². The zero-order valence-corrected chi connectivity index (χ0v) is 16.9. The van der Waals surface area contributed by atoms with Crippen molar-refractivity contribution in [2.45, 2.75) is 6.18 Å². The van der Waals surface area contributed by atoms with E-state index in [0.29, 0.717) is 5.69 Å². The molecule has 0 atom stereocenters. The third kappa shape index (κ3) is 6.64. The molecule has 0 amide bonds. The van der Waals surface area contributed by atoms with Crippen LogP contribution in [0.4, 0.5) is 13.2 Å². The minimum atomic E-state index is -4.51. The minimum absolute atomic E-state index is 0. The van der Waals surface area contributed by atoms with Crippen molar-refractivity contribution < 1.29 is 33.0 Å². The Morgan fingerprint density at radius 1 is 0.960 bits per heavy atom. The summed E-state index contributed by atoms with van der Waals surface area (Å²) >= 11 is 0. The Kier molecular flexibility index (Phi) is 8.35. The Labute approximate surface area is 158 Å². The number of nitrogens with one attached hydrogen (secondary N) is 1. The van der Waals surface area contributed by atoms with Crippen molar-refractivity contribution in [3.8, 4) is 11.5 Å². The number of pyridine rings is 1. The summed E-state index contributed by atoms with van der Waals surface area (Å²) in [5.74, 6) is -1.19. The van der Waals surface area contributed by atoms with Gasteiger partial charge in [-0.05, 0) is 30.8 Å². The number of hydrogen-bond acceptors (Lipinski definition) is 3. The van der Waals surface area contributed by atoms with E-state index in [-0.39, 0.29) is 33.5 Å². The summed E-state index contributed by atoms with van der Waals surface area (Å²) in [6.45, 7) is 4.54. The number of benzene rings is 1. The first-order valence-electron chi connectivity index (χ1n) is 7.01. The second kappa shape index (κ2) is 9.75. The van der Waals surface area contributed by atoms with Crippen LogP contribution in [0.5, 0.6) is 0 Å². The van der Waals surface area contributed by atoms with Gasteiger partial charge in [-0.1, -0.05) is 44.3 Å². The predicted molar refractivity (Wildman–Crippen MR) is 89.5 cm³/mol. The van der Waals surface area contributed by atoms with Gasteiger partial charge in [0.05, 0.1) is 0 Å². The van der Waals surface area contributed by atoms with Gasteiger partial charge in [-0.3, -0.25) is 10.1 Å². The van der Waals surface area contributed by atoms with Gasteiger partial charge in [-0.15, -0.1) is 0 Å². The Morgan fingerprint density at radius 2 is 1.60 bits per heavy atom. The average Bonchev–Trinajstić information content (AvgIpc) is 3.07. The van der Waals surface area contributed by atoms with E-state index in [1.54, 1.807) is 12.1 Å². The number of halogens is 3. The van der Waals surface area contributed by atoms with Crippen LogP contribution in [0.2, 0.25) is 0 Å². The van der Waals surface area contributed by atoms with Crippen LogP contribution in [0.1, 0.15) is 5.82 Å². The molecule has 0 spiro atoms. The molecule has 0 saturated carbocycles. The zero-order valence-electron chi connectivity index (χ0n) is 13.5. The number of aromatic nitrogens is 4. The van der Waals surface area contributed by atoms with Gasteiger partial charge in [0.2, 0.25) is 5.82 Å². The fraction of sp³-hybridized carbons (Fsp3) is 0.188. The van der Waals surface area contributed by atoms with E-state index in [2.05, 4.69) is 58.7 Å². The number of aromatic amines is 1. The summed E-state index contributed by atoms with van der Waals surface area (Å²) in [5.41, 5.74) is 0.296. The van der Waals surface area contributed by atoms with E-state index in [0.717, 1.165) is 0 Å². The molecule has 0 unspecified atom stereocenters. The van der Waals surface area contributed by atoms with E-state index in [9.17, 15) is 13.2 Å². The summed E-state index contributed by atoms with van der Waals surface area (Å²) in [7, 11) is 0.104. The van der Waals surface area contributed by atoms with Crippen LogP contribution in [0.3, 0.4) is 0 Å². The van der Waals surface area contributed by atoms with Gasteiger partial charge < -0.3 is 0 Å². The van der Waals surface area contributed by atoms with Gasteiger partial charge in [0.25, 0.3) is 0 Å². The summed E-state index contributed by atoms with van der Waals surface area (Å²) in [6.07, 6.45) is -3.06. The van der Waals surface area contributed by atoms with Gasteiger partial charge in [0.1, 0.15) is 5.69 Å². The Bertz CT molecular complexity index is 749. The number of H-pyrrole nitrogens is 1. The first-order chi connectivity index (χ1) is 11.4. The smallest absolute Gasteiger partial charge is 0.255 e. The average molecular weight is 543 g/mol. The number of alkyl halides is 3. The van der Waals surface area contributed by atoms with E-state index < -0.39 is 12.0 Å². The maximum atomic E-state index is 12.2. The maximum absolute atomic E-state index is 12.2. The monoisotopic (exact) mass is 544 g/mol. The summed E-state index contributed by atoms with van der Waals surface area (Å²) in [4.78, 5) is 7.13. The number of rotatable bonds is 2. The van der Waals surface area contributed by atoms with Crippen LogP contribution < -0.4 is 5.30 Å². The molecular formula is C16H16F3N4OsP. The van der Waals surface area contributed by atoms with Crippen molar-refractivity contribution >= 4 is 13.2 Å². The molecule has 2 heterocycles. The van der Waals surface area contributed by atoms with E-state index in [4.69, 9.17) is 0 Å². The van der Waals surface area contributed by atoms with Crippen molar-refractivity contribution in [1.29, 1.82) is 0 Å². The third-order valence-electron chi connectivity index (χ3n) is 2.92. The standard InChI is InChI=1S/C8H5F3N4.C8H11P.Os/c9-8(10,11)7-13-6(14-15-7)5-3-1-2-4-12-5;1-9(2)8-6-4-3-5-7-8;/h1-4H,(H,13,14,15);3-7H,1-2H3;. The molecule has 3 aromatic rings. The molecule has 0 aliphatic carbocycles. The zero-order chi connectivity index (χ0) is 17.6. The molecule has 0 fully saturated rings. The Balaban J connectivity index is 0.000000270. The van der Waals surface area contributed by atoms with Crippen LogP contribution in [-0.4, -0.2) is 33.5 Å². The predicted octanol–water partition coefficient (Wildman–Crippen LogP) is 3.94. The summed E-state index contributed by atoms with van der Waals surface area (Å²) in [5, 5.41) is 6.73. The van der Waals surface area contributed by atoms with Gasteiger partial charge in [-0.25, -0.2) is 4.98 Å². The molecule has 0 aliphatic heterocycles. The summed E-state index contributed by atoms with van der Waals surface area (Å²) < 4.78 is 36.5. The molecule has 4 nitrogen and oxygen atoms in total. The molecule has 0 saturated heterocycles. The van der Waals surface area contributed by atoms with Crippen molar-refractivity contribution in [1.82, 2.24) is 20.2 Å². The number of hydrogen-bond donors (Lipinski definition) is 1. The normalized spacial score (nSPS) is 10.6. The van der Waals surface area contributed by atoms with Gasteiger partial charge in [0, 0.05) is 26.0 Å². The fourth-order valence-corrected chi connectivity index (χ4v) is 2.49. The second-order valence-corrected chi connectivity index (χ2v) is 7.26. The van der Waals surface area contributed by atoms with Crippen molar-refractivity contribution in [2.75, 3.05) is 13.3 Å².